The zero-order chi connectivity index (χ0) is 15.1. The molecular formula is C13H18N4O4. The Labute approximate surface area is 122 Å². The van der Waals surface area contributed by atoms with Crippen LogP contribution in [-0.2, 0) is 19.1 Å². The molecule has 1 amide bonds. The average Bonchev–Trinajstić information content (AvgIpc) is 2.54. The van der Waals surface area contributed by atoms with Crippen LogP contribution in [0, 0.1) is 0 Å². The van der Waals surface area contributed by atoms with Crippen molar-refractivity contribution in [2.45, 2.75) is 6.04 Å². The van der Waals surface area contributed by atoms with Crippen molar-refractivity contribution in [2.75, 3.05) is 38.8 Å². The largest absolute Gasteiger partial charge is 0.468 e. The normalized spacial score (nSPS) is 18.8. The van der Waals surface area contributed by atoms with Gasteiger partial charge in [0.25, 0.3) is 5.91 Å². The van der Waals surface area contributed by atoms with Crippen LogP contribution < -0.4 is 10.9 Å². The molecule has 8 nitrogen and oxygen atoms in total. The zero-order valence-electron chi connectivity index (χ0n) is 11.7. The first kappa shape index (κ1) is 15.2. The van der Waals surface area contributed by atoms with Gasteiger partial charge < -0.3 is 9.47 Å². The predicted molar refractivity (Wildman–Crippen MR) is 74.2 cm³/mol. The Morgan fingerprint density at radius 3 is 3.10 bits per heavy atom. The third-order valence-corrected chi connectivity index (χ3v) is 3.05. The lowest BCUT2D eigenvalue weighted by Crippen LogP contribution is -2.53. The number of pyridine rings is 1. The van der Waals surface area contributed by atoms with E-state index in [0.29, 0.717) is 19.0 Å². The number of carbonyl (C=O) groups is 2. The van der Waals surface area contributed by atoms with Crippen LogP contribution in [0.5, 0.6) is 0 Å². The van der Waals surface area contributed by atoms with Gasteiger partial charge in [-0.05, 0) is 12.1 Å². The maximum absolute atomic E-state index is 11.9. The Kier molecular flexibility index (Phi) is 5.47. The molecule has 1 unspecified atom stereocenters. The minimum absolute atomic E-state index is 0.0724. The summed E-state index contributed by atoms with van der Waals surface area (Å²) in [6.07, 6.45) is 1.61. The Balaban J connectivity index is 1.84. The van der Waals surface area contributed by atoms with Crippen molar-refractivity contribution in [3.05, 3.63) is 24.4 Å². The first-order valence-corrected chi connectivity index (χ1v) is 6.56. The number of ether oxygens (including phenoxy) is 2. The number of morpholine rings is 1. The lowest BCUT2D eigenvalue weighted by Gasteiger charge is -2.32. The van der Waals surface area contributed by atoms with Crippen molar-refractivity contribution in [2.24, 2.45) is 0 Å². The molecule has 1 aliphatic rings. The molecule has 2 N–H and O–H groups in total. The zero-order valence-corrected chi connectivity index (χ0v) is 11.7. The van der Waals surface area contributed by atoms with Crippen LogP contribution in [0.1, 0.15) is 0 Å². The minimum atomic E-state index is -0.552. The first-order valence-electron chi connectivity index (χ1n) is 6.56. The molecule has 1 aromatic heterocycles. The number of aromatic nitrogens is 1. The second kappa shape index (κ2) is 7.55. The molecule has 0 saturated carbocycles. The number of hydrogen-bond acceptors (Lipinski definition) is 7. The van der Waals surface area contributed by atoms with E-state index in [1.165, 1.54) is 7.11 Å². The van der Waals surface area contributed by atoms with Gasteiger partial charge in [0.2, 0.25) is 0 Å². The standard InChI is InChI=1S/C13H18N4O4/c1-20-13(19)10-9-21-7-6-17(10)8-12(18)16-15-11-4-2-3-5-14-11/h2-5,10H,6-9H2,1H3,(H,14,15)(H,16,18). The number of rotatable bonds is 5. The quantitative estimate of drug-likeness (QED) is 0.553. The van der Waals surface area contributed by atoms with Gasteiger partial charge >= 0.3 is 5.97 Å². The number of methoxy groups -OCH3 is 1. The van der Waals surface area contributed by atoms with Crippen LogP contribution in [0.2, 0.25) is 0 Å². The Hall–Kier alpha value is -2.19. The molecule has 21 heavy (non-hydrogen) atoms. The monoisotopic (exact) mass is 294 g/mol. The van der Waals surface area contributed by atoms with Crippen LogP contribution in [0.4, 0.5) is 5.82 Å². The van der Waals surface area contributed by atoms with E-state index in [1.54, 1.807) is 29.3 Å². The number of hydrazine groups is 1. The molecule has 0 radical (unpaired) electrons. The number of anilines is 1. The number of hydrogen-bond donors (Lipinski definition) is 2. The smallest absolute Gasteiger partial charge is 0.325 e. The summed E-state index contributed by atoms with van der Waals surface area (Å²) in [7, 11) is 1.32. The minimum Gasteiger partial charge on any atom is -0.468 e. The highest BCUT2D eigenvalue weighted by atomic mass is 16.5. The highest BCUT2D eigenvalue weighted by Gasteiger charge is 2.31. The van der Waals surface area contributed by atoms with Gasteiger partial charge in [-0.25, -0.2) is 4.98 Å². The van der Waals surface area contributed by atoms with Gasteiger partial charge in [0.15, 0.2) is 0 Å². The number of esters is 1. The second-order valence-electron chi connectivity index (χ2n) is 4.47. The summed E-state index contributed by atoms with van der Waals surface area (Å²) in [5, 5.41) is 0. The van der Waals surface area contributed by atoms with E-state index in [9.17, 15) is 9.59 Å². The van der Waals surface area contributed by atoms with Crippen molar-refractivity contribution in [3.63, 3.8) is 0 Å². The summed E-state index contributed by atoms with van der Waals surface area (Å²) in [6.45, 7) is 1.28. The van der Waals surface area contributed by atoms with E-state index >= 15 is 0 Å². The Morgan fingerprint density at radius 1 is 1.52 bits per heavy atom. The maximum atomic E-state index is 11.9. The Morgan fingerprint density at radius 2 is 2.38 bits per heavy atom. The molecule has 1 atom stereocenters. The fourth-order valence-electron chi connectivity index (χ4n) is 1.97. The van der Waals surface area contributed by atoms with E-state index in [0.717, 1.165) is 0 Å². The fraction of sp³-hybridized carbons (Fsp3) is 0.462. The van der Waals surface area contributed by atoms with Crippen molar-refractivity contribution >= 4 is 17.7 Å². The molecule has 0 spiro atoms. The number of nitrogens with one attached hydrogen (secondary N) is 2. The molecule has 8 heteroatoms. The van der Waals surface area contributed by atoms with Gasteiger partial charge in [-0.15, -0.1) is 0 Å². The lowest BCUT2D eigenvalue weighted by atomic mass is 10.2. The van der Waals surface area contributed by atoms with E-state index in [-0.39, 0.29) is 19.1 Å². The second-order valence-corrected chi connectivity index (χ2v) is 4.47. The first-order chi connectivity index (χ1) is 10.2. The van der Waals surface area contributed by atoms with Gasteiger partial charge in [-0.3, -0.25) is 25.3 Å². The van der Waals surface area contributed by atoms with E-state index in [2.05, 4.69) is 15.8 Å². The Bertz CT molecular complexity index is 482. The third-order valence-electron chi connectivity index (χ3n) is 3.05. The van der Waals surface area contributed by atoms with Crippen molar-refractivity contribution in [1.29, 1.82) is 0 Å². The summed E-state index contributed by atoms with van der Waals surface area (Å²) in [5.74, 6) is -0.131. The lowest BCUT2D eigenvalue weighted by molar-refractivity contribution is -0.153. The van der Waals surface area contributed by atoms with E-state index in [1.807, 2.05) is 0 Å². The maximum Gasteiger partial charge on any atom is 0.325 e. The van der Waals surface area contributed by atoms with E-state index in [4.69, 9.17) is 9.47 Å². The summed E-state index contributed by atoms with van der Waals surface area (Å²) in [6, 6.07) is 4.76. The topological polar surface area (TPSA) is 92.8 Å². The molecular weight excluding hydrogens is 276 g/mol. The molecule has 0 aliphatic carbocycles. The average molecular weight is 294 g/mol. The summed E-state index contributed by atoms with van der Waals surface area (Å²) in [5.41, 5.74) is 5.25. The van der Waals surface area contributed by atoms with Crippen LogP contribution >= 0.6 is 0 Å². The number of amides is 1. The molecule has 1 saturated heterocycles. The molecule has 1 aliphatic heterocycles. The van der Waals surface area contributed by atoms with Crippen LogP contribution in [0.3, 0.4) is 0 Å². The van der Waals surface area contributed by atoms with Crippen molar-refractivity contribution in [1.82, 2.24) is 15.3 Å². The number of nitrogens with zero attached hydrogens (tertiary/aromatic N) is 2. The molecule has 0 aromatic carbocycles. The SMILES string of the molecule is COC(=O)C1COCCN1CC(=O)NNc1ccccn1. The highest BCUT2D eigenvalue weighted by Crippen LogP contribution is 2.08. The van der Waals surface area contributed by atoms with Crippen molar-refractivity contribution in [3.8, 4) is 0 Å². The van der Waals surface area contributed by atoms with Gasteiger partial charge in [-0.2, -0.15) is 0 Å². The molecule has 2 heterocycles. The predicted octanol–water partition coefficient (Wildman–Crippen LogP) is -0.601. The summed E-state index contributed by atoms with van der Waals surface area (Å²) < 4.78 is 9.96. The summed E-state index contributed by atoms with van der Waals surface area (Å²) >= 11 is 0. The molecule has 1 aromatic rings. The van der Waals surface area contributed by atoms with E-state index < -0.39 is 12.0 Å². The van der Waals surface area contributed by atoms with Gasteiger partial charge in [0.1, 0.15) is 11.9 Å². The van der Waals surface area contributed by atoms with Gasteiger partial charge in [-0.1, -0.05) is 6.07 Å². The van der Waals surface area contributed by atoms with Gasteiger partial charge in [0, 0.05) is 12.7 Å². The van der Waals surface area contributed by atoms with Crippen LogP contribution in [0.15, 0.2) is 24.4 Å². The van der Waals surface area contributed by atoms with Crippen LogP contribution in [-0.4, -0.2) is 61.2 Å². The molecule has 0 bridgehead atoms. The fourth-order valence-corrected chi connectivity index (χ4v) is 1.97. The molecule has 1 fully saturated rings. The number of carbonyl (C=O) groups excluding carboxylic acids is 2. The molecule has 2 rings (SSSR count). The molecule has 114 valence electrons. The third kappa shape index (κ3) is 4.40. The van der Waals surface area contributed by atoms with Crippen molar-refractivity contribution < 1.29 is 19.1 Å². The van der Waals surface area contributed by atoms with Crippen LogP contribution in [0.25, 0.3) is 0 Å². The van der Waals surface area contributed by atoms with Gasteiger partial charge in [0.05, 0.1) is 26.9 Å². The summed E-state index contributed by atoms with van der Waals surface area (Å²) in [4.78, 5) is 29.3. The highest BCUT2D eigenvalue weighted by molar-refractivity contribution is 5.81.